The summed E-state index contributed by atoms with van der Waals surface area (Å²) in [6.45, 7) is 2.99. The van der Waals surface area contributed by atoms with Crippen LogP contribution in [0.5, 0.6) is 5.75 Å². The molecule has 0 spiro atoms. The van der Waals surface area contributed by atoms with Gasteiger partial charge in [0.05, 0.1) is 12.3 Å². The number of unbranched alkanes of at least 4 members (excludes halogenated alkanes) is 2. The standard InChI is InChI=1S/C14H18N2O/c1-2-3-4-12-17-14-8-6-13(7-9-14)16-11-5-10-15-16/h5-11H,2-4,12H2,1H3. The second-order valence-corrected chi connectivity index (χ2v) is 4.00. The monoisotopic (exact) mass is 230 g/mol. The number of rotatable bonds is 6. The third-order valence-electron chi connectivity index (χ3n) is 2.62. The maximum Gasteiger partial charge on any atom is 0.119 e. The molecule has 1 aromatic heterocycles. The van der Waals surface area contributed by atoms with Crippen LogP contribution in [0.1, 0.15) is 26.2 Å². The lowest BCUT2D eigenvalue weighted by Crippen LogP contribution is -1.98. The number of nitrogens with zero attached hydrogens (tertiary/aromatic N) is 2. The zero-order chi connectivity index (χ0) is 11.9. The molecule has 3 heteroatoms. The molecule has 0 amide bonds. The highest BCUT2D eigenvalue weighted by molar-refractivity contribution is 5.36. The summed E-state index contributed by atoms with van der Waals surface area (Å²) in [5, 5.41) is 4.18. The van der Waals surface area contributed by atoms with E-state index in [4.69, 9.17) is 4.74 Å². The van der Waals surface area contributed by atoms with Crippen molar-refractivity contribution >= 4 is 0 Å². The molecule has 1 heterocycles. The van der Waals surface area contributed by atoms with E-state index in [2.05, 4.69) is 12.0 Å². The largest absolute Gasteiger partial charge is 0.494 e. The maximum absolute atomic E-state index is 5.65. The van der Waals surface area contributed by atoms with Gasteiger partial charge in [-0.2, -0.15) is 5.10 Å². The zero-order valence-corrected chi connectivity index (χ0v) is 10.2. The molecular formula is C14H18N2O. The van der Waals surface area contributed by atoms with E-state index in [1.165, 1.54) is 12.8 Å². The molecular weight excluding hydrogens is 212 g/mol. The summed E-state index contributed by atoms with van der Waals surface area (Å²) in [4.78, 5) is 0. The van der Waals surface area contributed by atoms with Gasteiger partial charge < -0.3 is 4.74 Å². The summed E-state index contributed by atoms with van der Waals surface area (Å²) in [7, 11) is 0. The van der Waals surface area contributed by atoms with Crippen LogP contribution in [-0.4, -0.2) is 16.4 Å². The summed E-state index contributed by atoms with van der Waals surface area (Å²) < 4.78 is 7.48. The van der Waals surface area contributed by atoms with Gasteiger partial charge in [-0.25, -0.2) is 4.68 Å². The minimum Gasteiger partial charge on any atom is -0.494 e. The van der Waals surface area contributed by atoms with E-state index < -0.39 is 0 Å². The highest BCUT2D eigenvalue weighted by Gasteiger charge is 1.97. The van der Waals surface area contributed by atoms with Crippen molar-refractivity contribution in [2.75, 3.05) is 6.61 Å². The van der Waals surface area contributed by atoms with E-state index in [9.17, 15) is 0 Å². The molecule has 1 aromatic carbocycles. The quantitative estimate of drug-likeness (QED) is 0.711. The Morgan fingerprint density at radius 3 is 2.65 bits per heavy atom. The van der Waals surface area contributed by atoms with Gasteiger partial charge in [0.15, 0.2) is 0 Å². The van der Waals surface area contributed by atoms with E-state index in [0.717, 1.165) is 24.5 Å². The topological polar surface area (TPSA) is 27.1 Å². The average molecular weight is 230 g/mol. The Labute approximate surface area is 102 Å². The summed E-state index contributed by atoms with van der Waals surface area (Å²) in [6.07, 6.45) is 7.27. The number of aromatic nitrogens is 2. The van der Waals surface area contributed by atoms with Crippen molar-refractivity contribution in [1.29, 1.82) is 0 Å². The smallest absolute Gasteiger partial charge is 0.119 e. The molecule has 90 valence electrons. The molecule has 0 saturated carbocycles. The molecule has 0 fully saturated rings. The van der Waals surface area contributed by atoms with Crippen LogP contribution in [0, 0.1) is 0 Å². The fourth-order valence-corrected chi connectivity index (χ4v) is 1.66. The molecule has 0 aliphatic heterocycles. The summed E-state index contributed by atoms with van der Waals surface area (Å²) in [5.41, 5.74) is 1.05. The summed E-state index contributed by atoms with van der Waals surface area (Å²) in [6, 6.07) is 9.92. The van der Waals surface area contributed by atoms with Gasteiger partial charge in [-0.15, -0.1) is 0 Å². The van der Waals surface area contributed by atoms with Gasteiger partial charge in [-0.3, -0.25) is 0 Å². The van der Waals surface area contributed by atoms with Crippen LogP contribution >= 0.6 is 0 Å². The van der Waals surface area contributed by atoms with Crippen LogP contribution in [-0.2, 0) is 0 Å². The molecule has 0 saturated heterocycles. The first kappa shape index (κ1) is 11.7. The Hall–Kier alpha value is -1.77. The van der Waals surface area contributed by atoms with Gasteiger partial charge >= 0.3 is 0 Å². The lowest BCUT2D eigenvalue weighted by atomic mass is 10.2. The van der Waals surface area contributed by atoms with Crippen LogP contribution in [0.3, 0.4) is 0 Å². The Morgan fingerprint density at radius 2 is 2.00 bits per heavy atom. The van der Waals surface area contributed by atoms with Crippen LogP contribution in [0.25, 0.3) is 5.69 Å². The number of benzene rings is 1. The van der Waals surface area contributed by atoms with Crippen molar-refractivity contribution in [2.24, 2.45) is 0 Å². The molecule has 0 unspecified atom stereocenters. The Kier molecular flexibility index (Phi) is 4.19. The Balaban J connectivity index is 1.90. The van der Waals surface area contributed by atoms with Crippen molar-refractivity contribution in [1.82, 2.24) is 9.78 Å². The molecule has 3 nitrogen and oxygen atoms in total. The van der Waals surface area contributed by atoms with Crippen LogP contribution in [0.4, 0.5) is 0 Å². The second-order valence-electron chi connectivity index (χ2n) is 4.00. The van der Waals surface area contributed by atoms with E-state index >= 15 is 0 Å². The van der Waals surface area contributed by atoms with Crippen molar-refractivity contribution in [3.05, 3.63) is 42.7 Å². The number of ether oxygens (including phenoxy) is 1. The van der Waals surface area contributed by atoms with E-state index in [1.807, 2.05) is 41.2 Å². The molecule has 2 aromatic rings. The van der Waals surface area contributed by atoms with Gasteiger partial charge in [0.25, 0.3) is 0 Å². The van der Waals surface area contributed by atoms with Gasteiger partial charge in [0.2, 0.25) is 0 Å². The highest BCUT2D eigenvalue weighted by atomic mass is 16.5. The summed E-state index contributed by atoms with van der Waals surface area (Å²) >= 11 is 0. The molecule has 0 aliphatic carbocycles. The Bertz CT molecular complexity index is 420. The predicted molar refractivity (Wildman–Crippen MR) is 68.6 cm³/mol. The van der Waals surface area contributed by atoms with Crippen LogP contribution < -0.4 is 4.74 Å². The highest BCUT2D eigenvalue weighted by Crippen LogP contribution is 2.15. The third-order valence-corrected chi connectivity index (χ3v) is 2.62. The zero-order valence-electron chi connectivity index (χ0n) is 10.2. The molecule has 0 N–H and O–H groups in total. The second kappa shape index (κ2) is 6.09. The molecule has 0 radical (unpaired) electrons. The fourth-order valence-electron chi connectivity index (χ4n) is 1.66. The van der Waals surface area contributed by atoms with E-state index in [0.29, 0.717) is 0 Å². The van der Waals surface area contributed by atoms with Crippen LogP contribution in [0.2, 0.25) is 0 Å². The average Bonchev–Trinajstić information content (AvgIpc) is 2.89. The third kappa shape index (κ3) is 3.34. The van der Waals surface area contributed by atoms with Gasteiger partial charge in [-0.1, -0.05) is 19.8 Å². The van der Waals surface area contributed by atoms with Crippen molar-refractivity contribution < 1.29 is 4.74 Å². The van der Waals surface area contributed by atoms with Gasteiger partial charge in [0.1, 0.15) is 5.75 Å². The van der Waals surface area contributed by atoms with Gasteiger partial charge in [0, 0.05) is 12.4 Å². The Morgan fingerprint density at radius 1 is 1.18 bits per heavy atom. The van der Waals surface area contributed by atoms with E-state index in [1.54, 1.807) is 6.20 Å². The molecule has 17 heavy (non-hydrogen) atoms. The predicted octanol–water partition coefficient (Wildman–Crippen LogP) is 3.44. The minimum atomic E-state index is 0.801. The first-order valence-corrected chi connectivity index (χ1v) is 6.13. The van der Waals surface area contributed by atoms with Crippen molar-refractivity contribution in [3.8, 4) is 11.4 Å². The van der Waals surface area contributed by atoms with E-state index in [-0.39, 0.29) is 0 Å². The normalized spacial score (nSPS) is 10.4. The van der Waals surface area contributed by atoms with Gasteiger partial charge in [-0.05, 0) is 36.8 Å². The number of hydrogen-bond acceptors (Lipinski definition) is 2. The summed E-state index contributed by atoms with van der Waals surface area (Å²) in [5.74, 6) is 0.928. The lowest BCUT2D eigenvalue weighted by molar-refractivity contribution is 0.306. The minimum absolute atomic E-state index is 0.801. The van der Waals surface area contributed by atoms with Crippen LogP contribution in [0.15, 0.2) is 42.7 Å². The molecule has 0 aliphatic rings. The molecule has 0 atom stereocenters. The molecule has 2 rings (SSSR count). The first-order chi connectivity index (χ1) is 8.40. The first-order valence-electron chi connectivity index (χ1n) is 6.13. The SMILES string of the molecule is CCCCCOc1ccc(-n2cccn2)cc1. The fraction of sp³-hybridized carbons (Fsp3) is 0.357. The number of hydrogen-bond donors (Lipinski definition) is 0. The van der Waals surface area contributed by atoms with Crippen molar-refractivity contribution in [3.63, 3.8) is 0 Å². The molecule has 0 bridgehead atoms. The maximum atomic E-state index is 5.65. The van der Waals surface area contributed by atoms with Crippen molar-refractivity contribution in [2.45, 2.75) is 26.2 Å². The lowest BCUT2D eigenvalue weighted by Gasteiger charge is -2.06.